The summed E-state index contributed by atoms with van der Waals surface area (Å²) in [7, 11) is 1.42. The predicted molar refractivity (Wildman–Crippen MR) is 62.8 cm³/mol. The highest BCUT2D eigenvalue weighted by atomic mass is 19.1. The van der Waals surface area contributed by atoms with Crippen molar-refractivity contribution < 1.29 is 19.0 Å². The molecule has 0 aliphatic rings. The van der Waals surface area contributed by atoms with Crippen LogP contribution in [0, 0.1) is 5.82 Å². The Hall–Kier alpha value is -1.42. The van der Waals surface area contributed by atoms with Crippen LogP contribution >= 0.6 is 0 Å². The molecular weight excluding hydrogens is 223 g/mol. The third kappa shape index (κ3) is 2.64. The number of halogens is 1. The standard InChI is InChI=1S/C13H17FO3/c1-4-13(16,5-2)12(15)10-7-6-9(17-3)8-11(10)14/h6-8,16H,4-5H2,1-3H3. The smallest absolute Gasteiger partial charge is 0.197 e. The molecule has 0 unspecified atom stereocenters. The summed E-state index contributed by atoms with van der Waals surface area (Å²) in [6.07, 6.45) is 0.515. The van der Waals surface area contributed by atoms with E-state index in [4.69, 9.17) is 4.74 Å². The van der Waals surface area contributed by atoms with Gasteiger partial charge in [0.25, 0.3) is 0 Å². The minimum absolute atomic E-state index is 0.1000. The van der Waals surface area contributed by atoms with E-state index < -0.39 is 17.2 Å². The van der Waals surface area contributed by atoms with E-state index >= 15 is 0 Å². The highest BCUT2D eigenvalue weighted by molar-refractivity contribution is 6.02. The van der Waals surface area contributed by atoms with E-state index in [1.54, 1.807) is 13.8 Å². The number of Topliss-reactive ketones (excluding diaryl/α,β-unsaturated/α-hetero) is 1. The summed E-state index contributed by atoms with van der Waals surface area (Å²) in [6, 6.07) is 3.98. The van der Waals surface area contributed by atoms with Crippen LogP contribution in [0.15, 0.2) is 18.2 Å². The normalized spacial score (nSPS) is 11.4. The van der Waals surface area contributed by atoms with Crippen molar-refractivity contribution in [2.24, 2.45) is 0 Å². The van der Waals surface area contributed by atoms with Gasteiger partial charge in [-0.15, -0.1) is 0 Å². The van der Waals surface area contributed by atoms with Crippen molar-refractivity contribution in [2.75, 3.05) is 7.11 Å². The summed E-state index contributed by atoms with van der Waals surface area (Å²) in [5.74, 6) is -0.909. The fourth-order valence-corrected chi connectivity index (χ4v) is 1.63. The van der Waals surface area contributed by atoms with Crippen LogP contribution in [-0.4, -0.2) is 23.6 Å². The third-order valence-corrected chi connectivity index (χ3v) is 3.01. The van der Waals surface area contributed by atoms with Gasteiger partial charge in [-0.25, -0.2) is 4.39 Å². The van der Waals surface area contributed by atoms with Gasteiger partial charge in [0.05, 0.1) is 12.7 Å². The Labute approximate surface area is 100 Å². The molecule has 1 aromatic rings. The van der Waals surface area contributed by atoms with E-state index in [9.17, 15) is 14.3 Å². The van der Waals surface area contributed by atoms with Crippen molar-refractivity contribution in [3.63, 3.8) is 0 Å². The predicted octanol–water partition coefficient (Wildman–Crippen LogP) is 2.57. The van der Waals surface area contributed by atoms with Gasteiger partial charge in [-0.1, -0.05) is 13.8 Å². The zero-order valence-corrected chi connectivity index (χ0v) is 10.3. The summed E-state index contributed by atoms with van der Waals surface area (Å²) in [4.78, 5) is 12.0. The molecule has 0 aliphatic heterocycles. The molecule has 0 heterocycles. The fourth-order valence-electron chi connectivity index (χ4n) is 1.63. The molecule has 0 bridgehead atoms. The molecule has 0 saturated heterocycles. The van der Waals surface area contributed by atoms with E-state index in [0.29, 0.717) is 5.75 Å². The van der Waals surface area contributed by atoms with Crippen LogP contribution in [0.5, 0.6) is 5.75 Å². The number of carbonyl (C=O) groups excluding carboxylic acids is 1. The molecule has 1 N–H and O–H groups in total. The Morgan fingerprint density at radius 3 is 2.41 bits per heavy atom. The van der Waals surface area contributed by atoms with Crippen molar-refractivity contribution >= 4 is 5.78 Å². The lowest BCUT2D eigenvalue weighted by Gasteiger charge is -2.23. The fraction of sp³-hybridized carbons (Fsp3) is 0.462. The van der Waals surface area contributed by atoms with Crippen molar-refractivity contribution in [1.29, 1.82) is 0 Å². The molecule has 1 rings (SSSR count). The first-order chi connectivity index (χ1) is 7.98. The van der Waals surface area contributed by atoms with Gasteiger partial charge in [-0.2, -0.15) is 0 Å². The lowest BCUT2D eigenvalue weighted by Crippen LogP contribution is -2.37. The van der Waals surface area contributed by atoms with Gasteiger partial charge < -0.3 is 9.84 Å². The number of ketones is 1. The van der Waals surface area contributed by atoms with E-state index in [1.165, 1.54) is 19.2 Å². The van der Waals surface area contributed by atoms with Crippen LogP contribution < -0.4 is 4.74 Å². The van der Waals surface area contributed by atoms with Crippen molar-refractivity contribution in [2.45, 2.75) is 32.3 Å². The van der Waals surface area contributed by atoms with Crippen LogP contribution in [0.4, 0.5) is 4.39 Å². The quantitative estimate of drug-likeness (QED) is 0.804. The molecule has 0 aliphatic carbocycles. The molecule has 17 heavy (non-hydrogen) atoms. The lowest BCUT2D eigenvalue weighted by atomic mass is 9.88. The van der Waals surface area contributed by atoms with Gasteiger partial charge in [-0.05, 0) is 25.0 Å². The molecule has 0 spiro atoms. The molecule has 0 fully saturated rings. The van der Waals surface area contributed by atoms with Crippen molar-refractivity contribution in [3.05, 3.63) is 29.6 Å². The van der Waals surface area contributed by atoms with Gasteiger partial charge in [0.1, 0.15) is 17.2 Å². The first-order valence-electron chi connectivity index (χ1n) is 5.59. The second kappa shape index (κ2) is 5.27. The zero-order valence-electron chi connectivity index (χ0n) is 10.3. The Bertz CT molecular complexity index is 411. The number of rotatable bonds is 5. The summed E-state index contributed by atoms with van der Waals surface area (Å²) in [5.41, 5.74) is -1.59. The highest BCUT2D eigenvalue weighted by Gasteiger charge is 2.34. The summed E-state index contributed by atoms with van der Waals surface area (Å²) >= 11 is 0. The molecule has 0 saturated carbocycles. The minimum atomic E-state index is -1.49. The summed E-state index contributed by atoms with van der Waals surface area (Å²) < 4.78 is 18.5. The van der Waals surface area contributed by atoms with Gasteiger partial charge in [-0.3, -0.25) is 4.79 Å². The molecule has 0 radical (unpaired) electrons. The van der Waals surface area contributed by atoms with Gasteiger partial charge >= 0.3 is 0 Å². The maximum Gasteiger partial charge on any atom is 0.197 e. The van der Waals surface area contributed by atoms with Crippen LogP contribution in [0.1, 0.15) is 37.0 Å². The molecular formula is C13H17FO3. The van der Waals surface area contributed by atoms with E-state index in [1.807, 2.05) is 0 Å². The number of ether oxygens (including phenoxy) is 1. The summed E-state index contributed by atoms with van der Waals surface area (Å²) in [6.45, 7) is 3.39. The molecule has 4 heteroatoms. The van der Waals surface area contributed by atoms with Crippen molar-refractivity contribution in [3.8, 4) is 5.75 Å². The van der Waals surface area contributed by atoms with Crippen LogP contribution in [0.3, 0.4) is 0 Å². The molecule has 1 aromatic carbocycles. The second-order valence-electron chi connectivity index (χ2n) is 3.91. The molecule has 0 aromatic heterocycles. The van der Waals surface area contributed by atoms with E-state index in [0.717, 1.165) is 6.07 Å². The topological polar surface area (TPSA) is 46.5 Å². The molecule has 0 atom stereocenters. The van der Waals surface area contributed by atoms with Crippen molar-refractivity contribution in [1.82, 2.24) is 0 Å². The van der Waals surface area contributed by atoms with Gasteiger partial charge in [0.15, 0.2) is 5.78 Å². The molecule has 94 valence electrons. The minimum Gasteiger partial charge on any atom is -0.497 e. The number of aliphatic hydroxyl groups is 1. The maximum atomic E-state index is 13.7. The van der Waals surface area contributed by atoms with Crippen LogP contribution in [0.2, 0.25) is 0 Å². The molecule has 3 nitrogen and oxygen atoms in total. The average molecular weight is 240 g/mol. The maximum absolute atomic E-state index is 13.7. The largest absolute Gasteiger partial charge is 0.497 e. The summed E-state index contributed by atoms with van der Waals surface area (Å²) in [5, 5.41) is 10.1. The second-order valence-corrected chi connectivity index (χ2v) is 3.91. The van der Waals surface area contributed by atoms with Crippen LogP contribution in [0.25, 0.3) is 0 Å². The number of benzene rings is 1. The Morgan fingerprint density at radius 1 is 1.41 bits per heavy atom. The Morgan fingerprint density at radius 2 is 2.00 bits per heavy atom. The third-order valence-electron chi connectivity index (χ3n) is 3.01. The van der Waals surface area contributed by atoms with Gasteiger partial charge in [0, 0.05) is 6.07 Å². The first kappa shape index (κ1) is 13.6. The lowest BCUT2D eigenvalue weighted by molar-refractivity contribution is 0.0273. The highest BCUT2D eigenvalue weighted by Crippen LogP contribution is 2.24. The van der Waals surface area contributed by atoms with E-state index in [-0.39, 0.29) is 18.4 Å². The Balaban J connectivity index is 3.13. The average Bonchev–Trinajstić information content (AvgIpc) is 2.36. The first-order valence-corrected chi connectivity index (χ1v) is 5.59. The van der Waals surface area contributed by atoms with Crippen LogP contribution in [-0.2, 0) is 0 Å². The van der Waals surface area contributed by atoms with E-state index in [2.05, 4.69) is 0 Å². The Kier molecular flexibility index (Phi) is 4.23. The monoisotopic (exact) mass is 240 g/mol. The number of methoxy groups -OCH3 is 1. The number of hydrogen-bond acceptors (Lipinski definition) is 3. The number of hydrogen-bond donors (Lipinski definition) is 1. The molecule has 0 amide bonds. The van der Waals surface area contributed by atoms with Gasteiger partial charge in [0.2, 0.25) is 0 Å². The zero-order chi connectivity index (χ0) is 13.1. The SMILES string of the molecule is CCC(O)(CC)C(=O)c1ccc(OC)cc1F. The number of carbonyl (C=O) groups is 1.